The third kappa shape index (κ3) is 3.24. The lowest BCUT2D eigenvalue weighted by Gasteiger charge is -2.24. The van der Waals surface area contributed by atoms with E-state index in [1.165, 1.54) is 24.1 Å². The molecule has 5 nitrogen and oxygen atoms in total. The quantitative estimate of drug-likeness (QED) is 0.843. The molecular weight excluding hydrogens is 264 g/mol. The molecule has 0 aliphatic carbocycles. The van der Waals surface area contributed by atoms with Crippen LogP contribution in [0.3, 0.4) is 0 Å². The maximum absolute atomic E-state index is 5.22. The molecule has 0 amide bonds. The zero-order valence-electron chi connectivity index (χ0n) is 12.7. The van der Waals surface area contributed by atoms with Crippen molar-refractivity contribution < 1.29 is 4.74 Å². The van der Waals surface area contributed by atoms with E-state index in [9.17, 15) is 0 Å². The molecule has 1 aliphatic heterocycles. The molecule has 1 aromatic carbocycles. The molecule has 3 rings (SSSR count). The van der Waals surface area contributed by atoms with Gasteiger partial charge in [-0.05, 0) is 43.5 Å². The highest BCUT2D eigenvalue weighted by Crippen LogP contribution is 2.23. The smallest absolute Gasteiger partial charge is 0.118 e. The highest BCUT2D eigenvalue weighted by atomic mass is 16.5. The van der Waals surface area contributed by atoms with Crippen LogP contribution in [0.5, 0.6) is 5.75 Å². The fourth-order valence-electron chi connectivity index (χ4n) is 3.03. The fraction of sp³-hybridized carbons (Fsp3) is 0.500. The van der Waals surface area contributed by atoms with Gasteiger partial charge in [-0.1, -0.05) is 17.3 Å². The Balaban J connectivity index is 1.64. The molecule has 5 heteroatoms. The van der Waals surface area contributed by atoms with Crippen LogP contribution in [-0.4, -0.2) is 39.6 Å². The number of ether oxygens (including phenoxy) is 1. The lowest BCUT2D eigenvalue weighted by molar-refractivity contribution is 0.237. The van der Waals surface area contributed by atoms with Gasteiger partial charge in [0.05, 0.1) is 19.0 Å². The molecule has 21 heavy (non-hydrogen) atoms. The number of benzene rings is 1. The van der Waals surface area contributed by atoms with Crippen LogP contribution in [0.2, 0.25) is 0 Å². The van der Waals surface area contributed by atoms with E-state index in [1.54, 1.807) is 7.11 Å². The number of aryl methyl sites for hydroxylation is 1. The van der Waals surface area contributed by atoms with Crippen molar-refractivity contribution >= 4 is 0 Å². The molecule has 2 aromatic rings. The zero-order valence-corrected chi connectivity index (χ0v) is 12.7. The first-order valence-electron chi connectivity index (χ1n) is 7.47. The van der Waals surface area contributed by atoms with E-state index in [0.29, 0.717) is 6.04 Å². The minimum atomic E-state index is 0.605. The van der Waals surface area contributed by atoms with Crippen molar-refractivity contribution in [1.82, 2.24) is 19.9 Å². The van der Waals surface area contributed by atoms with Crippen LogP contribution in [0, 0.1) is 0 Å². The molecule has 1 atom stereocenters. The summed E-state index contributed by atoms with van der Waals surface area (Å²) in [6.07, 6.45) is 5.49. The van der Waals surface area contributed by atoms with E-state index in [-0.39, 0.29) is 0 Å². The average molecular weight is 286 g/mol. The third-order valence-corrected chi connectivity index (χ3v) is 4.30. The number of hydrogen-bond donors (Lipinski definition) is 0. The van der Waals surface area contributed by atoms with Crippen molar-refractivity contribution in [2.24, 2.45) is 7.05 Å². The van der Waals surface area contributed by atoms with Crippen LogP contribution in [0.1, 0.15) is 24.1 Å². The second-order valence-corrected chi connectivity index (χ2v) is 5.67. The van der Waals surface area contributed by atoms with Gasteiger partial charge in [-0.2, -0.15) is 0 Å². The second-order valence-electron chi connectivity index (χ2n) is 5.67. The van der Waals surface area contributed by atoms with E-state index < -0.39 is 0 Å². The molecule has 1 saturated heterocycles. The Morgan fingerprint density at radius 3 is 2.76 bits per heavy atom. The van der Waals surface area contributed by atoms with Crippen molar-refractivity contribution in [2.75, 3.05) is 13.7 Å². The summed E-state index contributed by atoms with van der Waals surface area (Å²) in [5.41, 5.74) is 2.55. The van der Waals surface area contributed by atoms with Crippen LogP contribution in [0.25, 0.3) is 0 Å². The molecule has 112 valence electrons. The summed E-state index contributed by atoms with van der Waals surface area (Å²) in [6.45, 7) is 2.09. The molecule has 0 saturated carbocycles. The van der Waals surface area contributed by atoms with Crippen LogP contribution in [-0.2, 0) is 20.0 Å². The lowest BCUT2D eigenvalue weighted by atomic mass is 10.0. The predicted octanol–water partition coefficient (Wildman–Crippen LogP) is 2.03. The molecule has 1 aromatic heterocycles. The van der Waals surface area contributed by atoms with Gasteiger partial charge in [-0.15, -0.1) is 5.10 Å². The number of nitrogens with zero attached hydrogens (tertiary/aromatic N) is 4. The van der Waals surface area contributed by atoms with Crippen molar-refractivity contribution in [3.8, 4) is 5.75 Å². The van der Waals surface area contributed by atoms with Crippen LogP contribution in [0.4, 0.5) is 0 Å². The topological polar surface area (TPSA) is 43.2 Å². The third-order valence-electron chi connectivity index (χ3n) is 4.30. The average Bonchev–Trinajstić information content (AvgIpc) is 3.11. The summed E-state index contributed by atoms with van der Waals surface area (Å²) in [6, 6.07) is 9.02. The number of rotatable bonds is 5. The Morgan fingerprint density at radius 2 is 2.10 bits per heavy atom. The number of methoxy groups -OCH3 is 1. The molecule has 1 aliphatic rings. The van der Waals surface area contributed by atoms with Crippen LogP contribution >= 0.6 is 0 Å². The van der Waals surface area contributed by atoms with E-state index >= 15 is 0 Å². The van der Waals surface area contributed by atoms with E-state index in [2.05, 4.69) is 27.3 Å². The lowest BCUT2D eigenvalue weighted by Crippen LogP contribution is -2.31. The van der Waals surface area contributed by atoms with E-state index in [0.717, 1.165) is 25.3 Å². The Labute approximate surface area is 125 Å². The molecule has 1 fully saturated rings. The number of hydrogen-bond acceptors (Lipinski definition) is 4. The Bertz CT molecular complexity index is 578. The molecule has 0 N–H and O–H groups in total. The summed E-state index contributed by atoms with van der Waals surface area (Å²) in [5.74, 6) is 0.919. The second kappa shape index (κ2) is 6.26. The van der Waals surface area contributed by atoms with Crippen LogP contribution in [0.15, 0.2) is 30.5 Å². The maximum Gasteiger partial charge on any atom is 0.118 e. The fourth-order valence-corrected chi connectivity index (χ4v) is 3.03. The first-order chi connectivity index (χ1) is 10.3. The molecule has 0 radical (unpaired) electrons. The Hall–Kier alpha value is -1.88. The van der Waals surface area contributed by atoms with Gasteiger partial charge in [0.15, 0.2) is 0 Å². The molecule has 0 spiro atoms. The highest BCUT2D eigenvalue weighted by Gasteiger charge is 2.25. The monoisotopic (exact) mass is 286 g/mol. The summed E-state index contributed by atoms with van der Waals surface area (Å²) in [4.78, 5) is 2.54. The normalized spacial score (nSPS) is 19.0. The molecular formula is C16H22N4O. The first-order valence-corrected chi connectivity index (χ1v) is 7.47. The zero-order chi connectivity index (χ0) is 14.7. The van der Waals surface area contributed by atoms with Crippen molar-refractivity contribution in [3.05, 3.63) is 41.7 Å². The van der Waals surface area contributed by atoms with Gasteiger partial charge in [-0.25, -0.2) is 0 Å². The largest absolute Gasteiger partial charge is 0.497 e. The molecule has 2 heterocycles. The summed E-state index contributed by atoms with van der Waals surface area (Å²) in [5, 5.41) is 7.98. The minimum Gasteiger partial charge on any atom is -0.497 e. The number of likely N-dealkylation sites (tertiary alicyclic amines) is 1. The summed E-state index contributed by atoms with van der Waals surface area (Å²) >= 11 is 0. The van der Waals surface area contributed by atoms with Gasteiger partial charge < -0.3 is 4.74 Å². The van der Waals surface area contributed by atoms with Gasteiger partial charge in [-0.3, -0.25) is 9.58 Å². The number of aromatic nitrogens is 3. The van der Waals surface area contributed by atoms with Gasteiger partial charge in [0.2, 0.25) is 0 Å². The summed E-state index contributed by atoms with van der Waals surface area (Å²) < 4.78 is 7.08. The van der Waals surface area contributed by atoms with Crippen molar-refractivity contribution in [2.45, 2.75) is 31.8 Å². The Kier molecular flexibility index (Phi) is 4.20. The van der Waals surface area contributed by atoms with Gasteiger partial charge >= 0.3 is 0 Å². The van der Waals surface area contributed by atoms with Gasteiger partial charge in [0.1, 0.15) is 5.75 Å². The highest BCUT2D eigenvalue weighted by molar-refractivity contribution is 5.27. The maximum atomic E-state index is 5.22. The van der Waals surface area contributed by atoms with Crippen LogP contribution < -0.4 is 4.74 Å². The van der Waals surface area contributed by atoms with E-state index in [4.69, 9.17) is 4.74 Å². The van der Waals surface area contributed by atoms with Crippen molar-refractivity contribution in [3.63, 3.8) is 0 Å². The van der Waals surface area contributed by atoms with Gasteiger partial charge in [0.25, 0.3) is 0 Å². The van der Waals surface area contributed by atoms with E-state index in [1.807, 2.05) is 30.1 Å². The summed E-state index contributed by atoms with van der Waals surface area (Å²) in [7, 11) is 3.66. The SMILES string of the molecule is COc1ccc(CC2CCCN2Cc2cnnn2C)cc1. The Morgan fingerprint density at radius 1 is 1.29 bits per heavy atom. The molecule has 1 unspecified atom stereocenters. The molecule has 0 bridgehead atoms. The predicted molar refractivity (Wildman–Crippen MR) is 81.1 cm³/mol. The first kappa shape index (κ1) is 14.1. The van der Waals surface area contributed by atoms with Crippen molar-refractivity contribution in [1.29, 1.82) is 0 Å². The standard InChI is InChI=1S/C16H22N4O/c1-19-15(11-17-18-19)12-20-9-3-4-14(20)10-13-5-7-16(21-2)8-6-13/h5-8,11,14H,3-4,9-10,12H2,1-2H3. The van der Waals surface area contributed by atoms with Gasteiger partial charge in [0, 0.05) is 19.6 Å². The minimum absolute atomic E-state index is 0.605.